The normalized spacial score (nSPS) is 26.4. The fraction of sp³-hybridized carbons (Fsp3) is 0.692. The molecule has 1 aliphatic rings. The molecule has 0 amide bonds. The zero-order valence-corrected chi connectivity index (χ0v) is 20.7. The van der Waals surface area contributed by atoms with E-state index in [1.165, 1.54) is 5.56 Å². The molecule has 2 rings (SSSR count). The minimum atomic E-state index is -1.81. The largest absolute Gasteiger partial charge is 0.414 e. The molecule has 1 aromatic carbocycles. The lowest BCUT2D eigenvalue weighted by molar-refractivity contribution is 0.106. The molecule has 3 heteroatoms. The lowest BCUT2D eigenvalue weighted by Gasteiger charge is -2.40. The summed E-state index contributed by atoms with van der Waals surface area (Å²) in [6.07, 6.45) is 8.35. The number of hydrogen-bond acceptors (Lipinski definition) is 2. The van der Waals surface area contributed by atoms with E-state index in [2.05, 4.69) is 77.7 Å². The van der Waals surface area contributed by atoms with Crippen molar-refractivity contribution < 1.29 is 9.53 Å². The summed E-state index contributed by atoms with van der Waals surface area (Å²) < 4.78 is 6.90. The van der Waals surface area contributed by atoms with E-state index >= 15 is 0 Å². The van der Waals surface area contributed by atoms with Crippen LogP contribution in [0.15, 0.2) is 43.0 Å². The first-order chi connectivity index (χ1) is 13.5. The molecule has 1 N–H and O–H groups in total. The van der Waals surface area contributed by atoms with E-state index in [9.17, 15) is 5.11 Å². The van der Waals surface area contributed by atoms with E-state index in [1.807, 2.05) is 6.08 Å². The highest BCUT2D eigenvalue weighted by molar-refractivity contribution is 6.74. The number of rotatable bonds is 10. The summed E-state index contributed by atoms with van der Waals surface area (Å²) in [6.45, 7) is 17.9. The summed E-state index contributed by atoms with van der Waals surface area (Å²) in [4.78, 5) is 0. The van der Waals surface area contributed by atoms with Crippen LogP contribution < -0.4 is 0 Å². The van der Waals surface area contributed by atoms with E-state index < -0.39 is 8.32 Å². The van der Waals surface area contributed by atoms with E-state index in [0.29, 0.717) is 23.9 Å². The molecule has 1 fully saturated rings. The number of allylic oxidation sites excluding steroid dienone is 1. The van der Waals surface area contributed by atoms with Crippen molar-refractivity contribution in [2.45, 2.75) is 96.6 Å². The standard InChI is InChI=1S/C26H44O2Si/c1-8-12-24-23(20(2)19-25(24)27)18-17-22(28-29(6,7)26(3,4)5)16-15-21-13-10-9-11-14-21/h8-11,13-14,20,22-25,27H,1,12,15-19H2,2-7H3/t20-,22+,23+,24-,25-/m1/s1. The predicted octanol–water partition coefficient (Wildman–Crippen LogP) is 7.00. The van der Waals surface area contributed by atoms with Gasteiger partial charge in [0.2, 0.25) is 0 Å². The molecule has 0 radical (unpaired) electrons. The van der Waals surface area contributed by atoms with Crippen LogP contribution in [0.2, 0.25) is 18.1 Å². The highest BCUT2D eigenvalue weighted by Gasteiger charge is 2.41. The molecule has 0 saturated heterocycles. The first-order valence-corrected chi connectivity index (χ1v) is 14.5. The van der Waals surface area contributed by atoms with Gasteiger partial charge in [0.05, 0.1) is 6.10 Å². The quantitative estimate of drug-likeness (QED) is 0.329. The van der Waals surface area contributed by atoms with Crippen LogP contribution >= 0.6 is 0 Å². The minimum Gasteiger partial charge on any atom is -0.414 e. The molecule has 5 atom stereocenters. The van der Waals surface area contributed by atoms with Gasteiger partial charge in [-0.1, -0.05) is 64.1 Å². The molecule has 1 aromatic rings. The Morgan fingerprint density at radius 2 is 1.83 bits per heavy atom. The van der Waals surface area contributed by atoms with Crippen LogP contribution in [0.1, 0.15) is 65.4 Å². The van der Waals surface area contributed by atoms with E-state index in [-0.39, 0.29) is 11.1 Å². The summed E-state index contributed by atoms with van der Waals surface area (Å²) in [7, 11) is -1.81. The maximum atomic E-state index is 10.5. The summed E-state index contributed by atoms with van der Waals surface area (Å²) in [5.74, 6) is 1.52. The lowest BCUT2D eigenvalue weighted by atomic mass is 9.83. The van der Waals surface area contributed by atoms with Crippen molar-refractivity contribution in [1.82, 2.24) is 0 Å². The number of aliphatic hydroxyl groups is 1. The molecule has 0 spiro atoms. The maximum absolute atomic E-state index is 10.5. The van der Waals surface area contributed by atoms with Gasteiger partial charge in [0.25, 0.3) is 0 Å². The first-order valence-electron chi connectivity index (χ1n) is 11.6. The molecule has 1 saturated carbocycles. The van der Waals surface area contributed by atoms with Gasteiger partial charge < -0.3 is 9.53 Å². The van der Waals surface area contributed by atoms with Crippen LogP contribution in [0.5, 0.6) is 0 Å². The third-order valence-electron chi connectivity index (χ3n) is 7.51. The van der Waals surface area contributed by atoms with Crippen molar-refractivity contribution in [3.05, 3.63) is 48.6 Å². The molecule has 2 nitrogen and oxygen atoms in total. The Morgan fingerprint density at radius 1 is 1.17 bits per heavy atom. The van der Waals surface area contributed by atoms with Crippen LogP contribution in [0.3, 0.4) is 0 Å². The summed E-state index contributed by atoms with van der Waals surface area (Å²) >= 11 is 0. The van der Waals surface area contributed by atoms with Crippen molar-refractivity contribution in [2.75, 3.05) is 0 Å². The van der Waals surface area contributed by atoms with Crippen LogP contribution in [-0.4, -0.2) is 25.6 Å². The van der Waals surface area contributed by atoms with Crippen LogP contribution in [-0.2, 0) is 10.8 Å². The smallest absolute Gasteiger partial charge is 0.192 e. The Hall–Kier alpha value is -0.903. The number of benzene rings is 1. The van der Waals surface area contributed by atoms with Gasteiger partial charge in [0.1, 0.15) is 0 Å². The fourth-order valence-electron chi connectivity index (χ4n) is 4.67. The molecule has 164 valence electrons. The molecular formula is C26H44O2Si. The zero-order valence-electron chi connectivity index (χ0n) is 19.7. The number of aliphatic hydroxyl groups excluding tert-OH is 1. The van der Waals surface area contributed by atoms with Crippen molar-refractivity contribution in [3.63, 3.8) is 0 Å². The number of hydrogen-bond donors (Lipinski definition) is 1. The molecule has 0 bridgehead atoms. The average molecular weight is 417 g/mol. The van der Waals surface area contributed by atoms with Crippen LogP contribution in [0.4, 0.5) is 0 Å². The van der Waals surface area contributed by atoms with Gasteiger partial charge in [0, 0.05) is 6.10 Å². The van der Waals surface area contributed by atoms with Gasteiger partial charge in [-0.15, -0.1) is 6.58 Å². The molecule has 0 aliphatic heterocycles. The minimum absolute atomic E-state index is 0.169. The Balaban J connectivity index is 2.06. The SMILES string of the molecule is C=CC[C@@H]1[C@@H](CC[C@H](CCc2ccccc2)O[Si](C)(C)C(C)(C)C)[C@H](C)C[C@H]1O. The van der Waals surface area contributed by atoms with E-state index in [1.54, 1.807) is 0 Å². The summed E-state index contributed by atoms with van der Waals surface area (Å²) in [6, 6.07) is 10.8. The van der Waals surface area contributed by atoms with Gasteiger partial charge in [-0.3, -0.25) is 0 Å². The van der Waals surface area contributed by atoms with E-state index in [4.69, 9.17) is 4.43 Å². The molecule has 1 aliphatic carbocycles. The van der Waals surface area contributed by atoms with Crippen LogP contribution in [0, 0.1) is 17.8 Å². The second-order valence-corrected chi connectivity index (χ2v) is 15.5. The third kappa shape index (κ3) is 6.80. The van der Waals surface area contributed by atoms with Crippen molar-refractivity contribution in [2.24, 2.45) is 17.8 Å². The predicted molar refractivity (Wildman–Crippen MR) is 128 cm³/mol. The second kappa shape index (κ2) is 10.4. The summed E-state index contributed by atoms with van der Waals surface area (Å²) in [5, 5.41) is 10.7. The van der Waals surface area contributed by atoms with Gasteiger partial charge in [-0.2, -0.15) is 0 Å². The lowest BCUT2D eigenvalue weighted by Crippen LogP contribution is -2.44. The van der Waals surface area contributed by atoms with Gasteiger partial charge in [-0.25, -0.2) is 0 Å². The molecule has 0 aromatic heterocycles. The third-order valence-corrected chi connectivity index (χ3v) is 12.0. The maximum Gasteiger partial charge on any atom is 0.192 e. The first kappa shape index (κ1) is 24.4. The highest BCUT2D eigenvalue weighted by Crippen LogP contribution is 2.43. The summed E-state index contributed by atoms with van der Waals surface area (Å²) in [5.41, 5.74) is 1.39. The zero-order chi connectivity index (χ0) is 21.7. The van der Waals surface area contributed by atoms with Crippen molar-refractivity contribution >= 4 is 8.32 Å². The molecule has 0 heterocycles. The van der Waals surface area contributed by atoms with Crippen molar-refractivity contribution in [1.29, 1.82) is 0 Å². The Kier molecular flexibility index (Phi) is 8.75. The van der Waals surface area contributed by atoms with Gasteiger partial charge in [0.15, 0.2) is 8.32 Å². The Labute approximate surface area is 180 Å². The molecule has 0 unspecified atom stereocenters. The van der Waals surface area contributed by atoms with E-state index in [0.717, 1.165) is 38.5 Å². The monoisotopic (exact) mass is 416 g/mol. The topological polar surface area (TPSA) is 29.5 Å². The number of aryl methyl sites for hydroxylation is 1. The average Bonchev–Trinajstić information content (AvgIpc) is 2.90. The Bertz CT molecular complexity index is 619. The second-order valence-electron chi connectivity index (χ2n) is 10.7. The van der Waals surface area contributed by atoms with Crippen molar-refractivity contribution in [3.8, 4) is 0 Å². The van der Waals surface area contributed by atoms with Gasteiger partial charge >= 0.3 is 0 Å². The molecular weight excluding hydrogens is 372 g/mol. The highest BCUT2D eigenvalue weighted by atomic mass is 28.4. The Morgan fingerprint density at radius 3 is 2.41 bits per heavy atom. The fourth-order valence-corrected chi connectivity index (χ4v) is 6.09. The molecule has 29 heavy (non-hydrogen) atoms. The van der Waals surface area contributed by atoms with Gasteiger partial charge in [-0.05, 0) is 80.0 Å². The van der Waals surface area contributed by atoms with Crippen LogP contribution in [0.25, 0.3) is 0 Å².